The van der Waals surface area contributed by atoms with Gasteiger partial charge in [-0.15, -0.1) is 0 Å². The number of carboxylic acid groups (broad SMARTS) is 1. The number of nitrogens with two attached hydrogens (primary N) is 2. The van der Waals surface area contributed by atoms with E-state index in [1.165, 1.54) is 26.4 Å². The maximum Gasteiger partial charge on any atom is 0.326 e. The molecule has 0 aliphatic heterocycles. The molecule has 0 radical (unpaired) electrons. The summed E-state index contributed by atoms with van der Waals surface area (Å²) in [4.78, 5) is 91.6. The van der Waals surface area contributed by atoms with Gasteiger partial charge in [-0.3, -0.25) is 28.8 Å². The first-order valence-electron chi connectivity index (χ1n) is 13.0. The van der Waals surface area contributed by atoms with E-state index in [0.717, 1.165) is 0 Å². The fraction of sp³-hybridized carbons (Fsp3) is 0.583. The highest BCUT2D eigenvalue weighted by molar-refractivity contribution is 5.96. The van der Waals surface area contributed by atoms with Gasteiger partial charge in [0.15, 0.2) is 0 Å². The standard InChI is InChI=1S/C24H39N9O8/c1-13(30-22(38)18(10-19(26)35)31-20(36)6-8-28-14(2)34)21(37)33-17(9-15-11-27-12-29-15)23(39)32-16(24(40)41)5-3-4-7-25/h11-13,16-18H,3-10,25H2,1-2H3,(H2,26,35)(H,27,29)(H,28,34)(H,30,38)(H,31,36)(H,32,39)(H,33,37)(H,40,41)/t13-,16-,17-,18-/m0/s1. The van der Waals surface area contributed by atoms with Gasteiger partial charge in [0.05, 0.1) is 12.7 Å². The smallest absolute Gasteiger partial charge is 0.326 e. The van der Waals surface area contributed by atoms with Crippen molar-refractivity contribution in [3.05, 3.63) is 18.2 Å². The van der Waals surface area contributed by atoms with Crippen LogP contribution in [0.3, 0.4) is 0 Å². The number of aromatic amines is 1. The molecule has 17 nitrogen and oxygen atoms in total. The lowest BCUT2D eigenvalue weighted by atomic mass is 10.1. The number of amides is 6. The predicted molar refractivity (Wildman–Crippen MR) is 143 cm³/mol. The Bertz CT molecular complexity index is 1060. The SMILES string of the molecule is CC(=O)NCCC(=O)N[C@@H](CC(N)=O)C(=O)N[C@@H](C)C(=O)N[C@@H](Cc1cnc[nH]1)C(=O)N[C@@H](CCCCN)C(=O)O. The fourth-order valence-electron chi connectivity index (χ4n) is 3.55. The number of primary amides is 1. The van der Waals surface area contributed by atoms with E-state index in [4.69, 9.17) is 11.5 Å². The van der Waals surface area contributed by atoms with Crippen molar-refractivity contribution < 1.29 is 38.7 Å². The van der Waals surface area contributed by atoms with E-state index in [-0.39, 0.29) is 31.7 Å². The van der Waals surface area contributed by atoms with Crippen LogP contribution in [0, 0.1) is 0 Å². The molecule has 0 spiro atoms. The lowest BCUT2D eigenvalue weighted by Gasteiger charge is -2.24. The van der Waals surface area contributed by atoms with Crippen LogP contribution in [0.1, 0.15) is 51.6 Å². The summed E-state index contributed by atoms with van der Waals surface area (Å²) < 4.78 is 0. The van der Waals surface area contributed by atoms with Crippen LogP contribution in [-0.2, 0) is 40.0 Å². The normalized spacial score (nSPS) is 13.5. The summed E-state index contributed by atoms with van der Waals surface area (Å²) in [7, 11) is 0. The Morgan fingerprint density at radius 1 is 0.951 bits per heavy atom. The molecule has 41 heavy (non-hydrogen) atoms. The van der Waals surface area contributed by atoms with Gasteiger partial charge >= 0.3 is 5.97 Å². The molecule has 0 aliphatic rings. The molecule has 1 aromatic rings. The Morgan fingerprint density at radius 3 is 2.17 bits per heavy atom. The average molecular weight is 582 g/mol. The summed E-state index contributed by atoms with van der Waals surface area (Å²) in [5.74, 6) is -5.60. The summed E-state index contributed by atoms with van der Waals surface area (Å²) in [5, 5.41) is 21.5. The zero-order valence-corrected chi connectivity index (χ0v) is 23.0. The number of carbonyl (C=O) groups excluding carboxylic acids is 6. The molecule has 1 rings (SSSR count). The topological polar surface area (TPSA) is 281 Å². The molecule has 0 saturated carbocycles. The van der Waals surface area contributed by atoms with E-state index in [9.17, 15) is 38.7 Å². The summed E-state index contributed by atoms with van der Waals surface area (Å²) in [6.07, 6.45) is 3.16. The molecule has 6 amide bonds. The highest BCUT2D eigenvalue weighted by Gasteiger charge is 2.30. The van der Waals surface area contributed by atoms with E-state index < -0.39 is 66.1 Å². The monoisotopic (exact) mass is 581 g/mol. The molecule has 4 atom stereocenters. The lowest BCUT2D eigenvalue weighted by Crippen LogP contribution is -2.57. The molecular weight excluding hydrogens is 542 g/mol. The molecule has 0 aromatic carbocycles. The first-order chi connectivity index (χ1) is 19.3. The highest BCUT2D eigenvalue weighted by Crippen LogP contribution is 2.05. The van der Waals surface area contributed by atoms with Crippen molar-refractivity contribution in [3.63, 3.8) is 0 Å². The minimum Gasteiger partial charge on any atom is -0.480 e. The van der Waals surface area contributed by atoms with Crippen molar-refractivity contribution in [2.45, 2.75) is 76.5 Å². The van der Waals surface area contributed by atoms with Crippen molar-refractivity contribution >= 4 is 41.4 Å². The lowest BCUT2D eigenvalue weighted by molar-refractivity contribution is -0.142. The van der Waals surface area contributed by atoms with Crippen LogP contribution in [0.25, 0.3) is 0 Å². The molecule has 1 aromatic heterocycles. The highest BCUT2D eigenvalue weighted by atomic mass is 16.4. The Morgan fingerprint density at radius 2 is 1.61 bits per heavy atom. The zero-order chi connectivity index (χ0) is 30.9. The number of nitrogens with one attached hydrogen (secondary N) is 6. The molecule has 17 heteroatoms. The van der Waals surface area contributed by atoms with E-state index in [1.54, 1.807) is 0 Å². The Balaban J connectivity index is 2.91. The number of carbonyl (C=O) groups is 7. The Kier molecular flexibility index (Phi) is 15.1. The summed E-state index contributed by atoms with van der Waals surface area (Å²) in [5.41, 5.74) is 11.1. The van der Waals surface area contributed by atoms with Crippen molar-refractivity contribution in [3.8, 4) is 0 Å². The Labute approximate surface area is 236 Å². The second-order valence-corrected chi connectivity index (χ2v) is 9.28. The minimum absolute atomic E-state index is 0.000422. The second-order valence-electron chi connectivity index (χ2n) is 9.28. The van der Waals surface area contributed by atoms with Gasteiger partial charge in [0, 0.05) is 38.2 Å². The Hall–Kier alpha value is -4.54. The van der Waals surface area contributed by atoms with Crippen molar-refractivity contribution in [2.75, 3.05) is 13.1 Å². The van der Waals surface area contributed by atoms with Gasteiger partial charge in [-0.2, -0.15) is 0 Å². The third-order valence-electron chi connectivity index (χ3n) is 5.71. The van der Waals surface area contributed by atoms with Gasteiger partial charge in [-0.05, 0) is 32.7 Å². The van der Waals surface area contributed by atoms with Gasteiger partial charge in [-0.1, -0.05) is 0 Å². The molecule has 0 fully saturated rings. The number of nitrogens with zero attached hydrogens (tertiary/aromatic N) is 1. The molecule has 1 heterocycles. The number of H-pyrrole nitrogens is 1. The van der Waals surface area contributed by atoms with Gasteiger partial charge in [0.25, 0.3) is 0 Å². The number of unbranched alkanes of at least 4 members (excludes halogenated alkanes) is 1. The van der Waals surface area contributed by atoms with E-state index in [0.29, 0.717) is 25.1 Å². The summed E-state index contributed by atoms with van der Waals surface area (Å²) in [6, 6.07) is -5.10. The first kappa shape index (κ1) is 34.5. The summed E-state index contributed by atoms with van der Waals surface area (Å²) in [6.45, 7) is 2.94. The van der Waals surface area contributed by atoms with Crippen molar-refractivity contribution in [2.24, 2.45) is 11.5 Å². The van der Waals surface area contributed by atoms with Crippen molar-refractivity contribution in [1.29, 1.82) is 0 Å². The number of hydrogen-bond donors (Lipinski definition) is 9. The summed E-state index contributed by atoms with van der Waals surface area (Å²) >= 11 is 0. The number of carboxylic acids is 1. The molecule has 11 N–H and O–H groups in total. The zero-order valence-electron chi connectivity index (χ0n) is 23.0. The van der Waals surface area contributed by atoms with Crippen LogP contribution in [0.4, 0.5) is 0 Å². The molecule has 0 bridgehead atoms. The van der Waals surface area contributed by atoms with Crippen LogP contribution < -0.4 is 38.1 Å². The minimum atomic E-state index is -1.40. The maximum absolute atomic E-state index is 13.0. The number of imidazole rings is 1. The van der Waals surface area contributed by atoms with E-state index in [2.05, 4.69) is 36.6 Å². The largest absolute Gasteiger partial charge is 0.480 e. The van der Waals surface area contributed by atoms with E-state index in [1.807, 2.05) is 0 Å². The average Bonchev–Trinajstić information content (AvgIpc) is 3.39. The molecule has 228 valence electrons. The molecule has 0 unspecified atom stereocenters. The van der Waals surface area contributed by atoms with Gasteiger partial charge in [0.1, 0.15) is 24.2 Å². The number of hydrogen-bond acceptors (Lipinski definition) is 9. The van der Waals surface area contributed by atoms with Gasteiger partial charge in [0.2, 0.25) is 35.4 Å². The number of rotatable bonds is 19. The van der Waals surface area contributed by atoms with Crippen LogP contribution in [0.15, 0.2) is 12.5 Å². The van der Waals surface area contributed by atoms with Crippen LogP contribution in [-0.4, -0.2) is 93.7 Å². The van der Waals surface area contributed by atoms with Crippen LogP contribution in [0.2, 0.25) is 0 Å². The molecule has 0 saturated heterocycles. The molecular formula is C24H39N9O8. The van der Waals surface area contributed by atoms with Gasteiger partial charge in [-0.25, -0.2) is 9.78 Å². The number of aliphatic carboxylic acids is 1. The predicted octanol–water partition coefficient (Wildman–Crippen LogP) is -3.47. The second kappa shape index (κ2) is 17.9. The third-order valence-corrected chi connectivity index (χ3v) is 5.71. The molecule has 0 aliphatic carbocycles. The third kappa shape index (κ3) is 13.9. The number of aromatic nitrogens is 2. The van der Waals surface area contributed by atoms with Crippen LogP contribution >= 0.6 is 0 Å². The van der Waals surface area contributed by atoms with Gasteiger partial charge < -0.3 is 48.1 Å². The van der Waals surface area contributed by atoms with Crippen LogP contribution in [0.5, 0.6) is 0 Å². The quantitative estimate of drug-likeness (QED) is 0.0727. The fourth-order valence-corrected chi connectivity index (χ4v) is 3.55. The maximum atomic E-state index is 13.0. The first-order valence-corrected chi connectivity index (χ1v) is 13.0. The van der Waals surface area contributed by atoms with E-state index >= 15 is 0 Å². The van der Waals surface area contributed by atoms with Crippen molar-refractivity contribution in [1.82, 2.24) is 36.6 Å².